The Labute approximate surface area is 221 Å². The van der Waals surface area contributed by atoms with Crippen molar-refractivity contribution in [2.24, 2.45) is 0 Å². The van der Waals surface area contributed by atoms with Gasteiger partial charge in [-0.2, -0.15) is 0 Å². The smallest absolute Gasteiger partial charge is 0.296 e. The molecule has 0 bridgehead atoms. The summed E-state index contributed by atoms with van der Waals surface area (Å²) in [5, 5.41) is 23.7. The molecule has 1 aliphatic heterocycles. The molecule has 3 aromatic rings. The highest BCUT2D eigenvalue weighted by atomic mass is 32.1. The lowest BCUT2D eigenvalue weighted by Gasteiger charge is -2.30. The predicted molar refractivity (Wildman–Crippen MR) is 144 cm³/mol. The van der Waals surface area contributed by atoms with Crippen LogP contribution >= 0.6 is 22.7 Å². The van der Waals surface area contributed by atoms with Crippen LogP contribution in [-0.4, -0.2) is 51.4 Å². The largest absolute Gasteiger partial charge is 0.465 e. The van der Waals surface area contributed by atoms with Crippen LogP contribution in [0.25, 0.3) is 11.1 Å². The molecule has 2 N–H and O–H groups in total. The van der Waals surface area contributed by atoms with Crippen LogP contribution in [0.3, 0.4) is 0 Å². The molecule has 6 rings (SSSR count). The molecule has 0 unspecified atom stereocenters. The van der Waals surface area contributed by atoms with Crippen LogP contribution in [0.15, 0.2) is 54.6 Å². The summed E-state index contributed by atoms with van der Waals surface area (Å²) in [5.74, 6) is -0.305. The van der Waals surface area contributed by atoms with Crippen LogP contribution in [0.5, 0.6) is 5.19 Å². The molecular formula is C25H25N7O3S2. The lowest BCUT2D eigenvalue weighted by atomic mass is 10.1. The number of piperidine rings is 1. The molecular weight excluding hydrogens is 510 g/mol. The number of hydrogen-bond acceptors (Lipinski definition) is 10. The average Bonchev–Trinajstić information content (AvgIpc) is 3.26. The lowest BCUT2D eigenvalue weighted by Crippen LogP contribution is -2.38. The number of aromatic nitrogens is 4. The van der Waals surface area contributed by atoms with Gasteiger partial charge in [-0.05, 0) is 34.1 Å². The minimum Gasteiger partial charge on any atom is -0.465 e. The fourth-order valence-corrected chi connectivity index (χ4v) is 5.30. The van der Waals surface area contributed by atoms with Crippen molar-refractivity contribution in [3.63, 3.8) is 0 Å². The Morgan fingerprint density at radius 1 is 0.919 bits per heavy atom. The molecule has 10 nitrogen and oxygen atoms in total. The van der Waals surface area contributed by atoms with E-state index in [0.717, 1.165) is 36.6 Å². The van der Waals surface area contributed by atoms with Gasteiger partial charge in [0, 0.05) is 32.9 Å². The van der Waals surface area contributed by atoms with Gasteiger partial charge in [0.1, 0.15) is 6.10 Å². The van der Waals surface area contributed by atoms with E-state index in [1.165, 1.54) is 40.7 Å². The third-order valence-electron chi connectivity index (χ3n) is 5.65. The molecule has 2 aliphatic carbocycles. The number of nitrogens with one attached hydrogen (secondary N) is 2. The monoisotopic (exact) mass is 535 g/mol. The van der Waals surface area contributed by atoms with Gasteiger partial charge in [0.2, 0.25) is 27.2 Å². The van der Waals surface area contributed by atoms with Gasteiger partial charge in [-0.3, -0.25) is 9.59 Å². The summed E-state index contributed by atoms with van der Waals surface area (Å²) >= 11 is 2.57. The van der Waals surface area contributed by atoms with Crippen molar-refractivity contribution >= 4 is 49.9 Å². The summed E-state index contributed by atoms with van der Waals surface area (Å²) < 4.78 is 5.96. The fraction of sp³-hybridized carbons (Fsp3) is 0.280. The summed E-state index contributed by atoms with van der Waals surface area (Å²) in [4.78, 5) is 25.4. The van der Waals surface area contributed by atoms with Crippen molar-refractivity contribution in [3.05, 3.63) is 60.2 Å². The van der Waals surface area contributed by atoms with Crippen molar-refractivity contribution in [1.29, 1.82) is 0 Å². The van der Waals surface area contributed by atoms with Gasteiger partial charge in [-0.25, -0.2) is 0 Å². The zero-order valence-corrected chi connectivity index (χ0v) is 21.7. The van der Waals surface area contributed by atoms with E-state index >= 15 is 0 Å². The summed E-state index contributed by atoms with van der Waals surface area (Å²) in [6.07, 6.45) is 1.89. The Kier molecular flexibility index (Phi) is 7.66. The summed E-state index contributed by atoms with van der Waals surface area (Å²) in [5.41, 5.74) is 3.79. The molecule has 1 fully saturated rings. The van der Waals surface area contributed by atoms with E-state index in [0.29, 0.717) is 15.5 Å². The van der Waals surface area contributed by atoms with E-state index in [9.17, 15) is 9.59 Å². The fourth-order valence-electron chi connectivity index (χ4n) is 3.78. The Hall–Kier alpha value is -3.90. The number of hydrogen-bond donors (Lipinski definition) is 2. The Morgan fingerprint density at radius 2 is 1.62 bits per heavy atom. The van der Waals surface area contributed by atoms with Crippen molar-refractivity contribution < 1.29 is 14.3 Å². The van der Waals surface area contributed by atoms with E-state index in [2.05, 4.69) is 60.2 Å². The number of rotatable bonds is 7. The van der Waals surface area contributed by atoms with Gasteiger partial charge >= 0.3 is 0 Å². The van der Waals surface area contributed by atoms with Crippen molar-refractivity contribution in [2.75, 3.05) is 28.6 Å². The number of carbonyl (C=O) groups is 2. The van der Waals surface area contributed by atoms with Gasteiger partial charge in [0.05, 0.1) is 6.42 Å². The molecule has 12 heteroatoms. The van der Waals surface area contributed by atoms with E-state index in [4.69, 9.17) is 4.74 Å². The number of carbonyl (C=O) groups excluding carboxylic acids is 2. The van der Waals surface area contributed by atoms with Crippen LogP contribution in [-0.2, 0) is 16.0 Å². The molecule has 37 heavy (non-hydrogen) atoms. The van der Waals surface area contributed by atoms with Crippen LogP contribution in [0.2, 0.25) is 0 Å². The molecule has 2 aromatic heterocycles. The second kappa shape index (κ2) is 11.4. The summed E-state index contributed by atoms with van der Waals surface area (Å²) in [6, 6.07) is 18.0. The first-order chi connectivity index (χ1) is 18.0. The molecule has 0 saturated carbocycles. The van der Waals surface area contributed by atoms with Gasteiger partial charge in [-0.15, -0.1) is 15.3 Å². The lowest BCUT2D eigenvalue weighted by molar-refractivity contribution is -0.116. The number of benzene rings is 2. The van der Waals surface area contributed by atoms with Crippen molar-refractivity contribution in [2.45, 2.75) is 32.3 Å². The SMILES string of the molecule is CC(=O)Nc1nnc(N2CCC(Oc3nnc(NC(=O)Cc4ccccc4)s3)CC2)s1.c1cc2cc-2c1. The van der Waals surface area contributed by atoms with Gasteiger partial charge in [0.25, 0.3) is 5.19 Å². The topological polar surface area (TPSA) is 122 Å². The average molecular weight is 536 g/mol. The molecule has 190 valence electrons. The second-order valence-corrected chi connectivity index (χ2v) is 10.4. The molecule has 2 amide bonds. The maximum atomic E-state index is 12.2. The zero-order chi connectivity index (χ0) is 25.6. The number of nitrogens with zero attached hydrogens (tertiary/aromatic N) is 5. The highest BCUT2D eigenvalue weighted by Crippen LogP contribution is 2.33. The first-order valence-corrected chi connectivity index (χ1v) is 13.5. The minimum atomic E-state index is -0.164. The van der Waals surface area contributed by atoms with E-state index in [1.54, 1.807) is 0 Å². The molecule has 0 atom stereocenters. The van der Waals surface area contributed by atoms with Gasteiger partial charge < -0.3 is 20.3 Å². The van der Waals surface area contributed by atoms with Crippen molar-refractivity contribution in [1.82, 2.24) is 20.4 Å². The Balaban J connectivity index is 0.000000403. The molecule has 0 radical (unpaired) electrons. The maximum absolute atomic E-state index is 12.2. The summed E-state index contributed by atoms with van der Waals surface area (Å²) in [6.45, 7) is 2.97. The first-order valence-electron chi connectivity index (χ1n) is 11.8. The molecule has 3 aliphatic rings. The molecule has 1 aromatic carbocycles. The number of ether oxygens (including phenoxy) is 1. The van der Waals surface area contributed by atoms with Crippen LogP contribution in [0.1, 0.15) is 25.3 Å². The van der Waals surface area contributed by atoms with Gasteiger partial charge in [0.15, 0.2) is 0 Å². The third kappa shape index (κ3) is 7.08. The van der Waals surface area contributed by atoms with E-state index < -0.39 is 0 Å². The normalized spacial score (nSPS) is 13.8. The number of fused-ring (bicyclic) bond motifs is 1. The predicted octanol–water partition coefficient (Wildman–Crippen LogP) is 4.24. The minimum absolute atomic E-state index is 0.0137. The summed E-state index contributed by atoms with van der Waals surface area (Å²) in [7, 11) is 0. The zero-order valence-electron chi connectivity index (χ0n) is 20.1. The van der Waals surface area contributed by atoms with E-state index in [-0.39, 0.29) is 24.3 Å². The number of amides is 2. The number of anilines is 3. The molecule has 1 saturated heterocycles. The quantitative estimate of drug-likeness (QED) is 0.317. The van der Waals surface area contributed by atoms with Crippen LogP contribution in [0.4, 0.5) is 15.4 Å². The first kappa shape index (κ1) is 24.8. The van der Waals surface area contributed by atoms with E-state index in [1.807, 2.05) is 30.3 Å². The van der Waals surface area contributed by atoms with Crippen LogP contribution in [0, 0.1) is 0 Å². The third-order valence-corrected chi connectivity index (χ3v) is 7.28. The Bertz CT molecular complexity index is 1350. The second-order valence-electron chi connectivity index (χ2n) is 8.54. The van der Waals surface area contributed by atoms with Crippen LogP contribution < -0.4 is 20.3 Å². The molecule has 0 spiro atoms. The highest BCUT2D eigenvalue weighted by molar-refractivity contribution is 7.19. The standard InChI is InChI=1S/C19H21N7O3S2.C6H4/c1-12(27)20-16-22-24-18(30-16)26-9-7-14(8-10-26)29-19-25-23-17(31-19)21-15(28)11-13-5-3-2-4-6-13;1-2-5-4-6(5)3-1/h2-6,14H,7-11H2,1H3,(H,20,22,27)(H,21,23,28);1-4H. The Morgan fingerprint density at radius 3 is 2.27 bits per heavy atom. The molecule has 3 heterocycles. The van der Waals surface area contributed by atoms with Crippen molar-refractivity contribution in [3.8, 4) is 16.3 Å². The maximum Gasteiger partial charge on any atom is 0.296 e. The van der Waals surface area contributed by atoms with Gasteiger partial charge in [-0.1, -0.05) is 65.0 Å². The highest BCUT2D eigenvalue weighted by Gasteiger charge is 2.24.